The van der Waals surface area contributed by atoms with Crippen molar-refractivity contribution in [2.45, 2.75) is 52.0 Å². The number of carbonyl (C=O) groups is 1. The minimum absolute atomic E-state index is 0.0312. The number of benzene rings is 1. The van der Waals surface area contributed by atoms with Crippen LogP contribution in [0.2, 0.25) is 0 Å². The molecular weight excluding hydrogens is 236 g/mol. The van der Waals surface area contributed by atoms with Gasteiger partial charge in [-0.25, -0.2) is 0 Å². The zero-order valence-corrected chi connectivity index (χ0v) is 11.9. The monoisotopic (exact) mass is 260 g/mol. The van der Waals surface area contributed by atoms with E-state index in [0.29, 0.717) is 6.04 Å². The number of amides is 1. The molecule has 1 aromatic rings. The number of anilines is 2. The molecular formula is C16H24N2O. The molecule has 1 saturated carbocycles. The molecule has 1 aromatic carbocycles. The maximum Gasteiger partial charge on any atom is 0.221 e. The van der Waals surface area contributed by atoms with E-state index in [0.717, 1.165) is 17.3 Å². The second-order valence-electron chi connectivity index (χ2n) is 5.59. The van der Waals surface area contributed by atoms with Crippen LogP contribution >= 0.6 is 0 Å². The van der Waals surface area contributed by atoms with Crippen molar-refractivity contribution in [3.05, 3.63) is 24.3 Å². The van der Waals surface area contributed by atoms with Gasteiger partial charge >= 0.3 is 0 Å². The Morgan fingerprint density at radius 1 is 1.11 bits per heavy atom. The minimum Gasteiger partial charge on any atom is -0.382 e. The molecule has 104 valence electrons. The van der Waals surface area contributed by atoms with Gasteiger partial charge in [-0.1, -0.05) is 19.3 Å². The van der Waals surface area contributed by atoms with Crippen LogP contribution in [0.5, 0.6) is 0 Å². The fourth-order valence-electron chi connectivity index (χ4n) is 2.87. The maximum absolute atomic E-state index is 11.0. The molecule has 0 spiro atoms. The van der Waals surface area contributed by atoms with E-state index in [1.807, 2.05) is 24.3 Å². The summed E-state index contributed by atoms with van der Waals surface area (Å²) in [5.74, 6) is 0.764. The van der Waals surface area contributed by atoms with Gasteiger partial charge in [-0.3, -0.25) is 4.79 Å². The third kappa shape index (κ3) is 4.27. The average Bonchev–Trinajstić information content (AvgIpc) is 2.41. The SMILES string of the molecule is CC(=O)Nc1ccc(NC(C)C2CCCCC2)cc1. The highest BCUT2D eigenvalue weighted by Gasteiger charge is 2.19. The molecule has 1 unspecified atom stereocenters. The van der Waals surface area contributed by atoms with Crippen LogP contribution in [0.1, 0.15) is 46.0 Å². The summed E-state index contributed by atoms with van der Waals surface area (Å²) in [6, 6.07) is 8.47. The van der Waals surface area contributed by atoms with Crippen LogP contribution in [0.3, 0.4) is 0 Å². The fraction of sp³-hybridized carbons (Fsp3) is 0.562. The molecule has 2 rings (SSSR count). The van der Waals surface area contributed by atoms with Crippen molar-refractivity contribution >= 4 is 17.3 Å². The highest BCUT2D eigenvalue weighted by Crippen LogP contribution is 2.28. The Hall–Kier alpha value is -1.51. The van der Waals surface area contributed by atoms with E-state index in [9.17, 15) is 4.79 Å². The van der Waals surface area contributed by atoms with Crippen molar-refractivity contribution in [1.82, 2.24) is 0 Å². The molecule has 0 heterocycles. The fourth-order valence-corrected chi connectivity index (χ4v) is 2.87. The van der Waals surface area contributed by atoms with Crippen molar-refractivity contribution in [3.63, 3.8) is 0 Å². The molecule has 0 radical (unpaired) electrons. The first-order chi connectivity index (χ1) is 9.15. The van der Waals surface area contributed by atoms with Gasteiger partial charge < -0.3 is 10.6 Å². The van der Waals surface area contributed by atoms with Crippen LogP contribution in [0, 0.1) is 5.92 Å². The molecule has 1 aliphatic carbocycles. The third-order valence-electron chi connectivity index (χ3n) is 3.96. The summed E-state index contributed by atoms with van der Waals surface area (Å²) in [5, 5.41) is 6.36. The highest BCUT2D eigenvalue weighted by molar-refractivity contribution is 5.88. The predicted octanol–water partition coefficient (Wildman–Crippen LogP) is 4.03. The van der Waals surface area contributed by atoms with Gasteiger partial charge in [-0.15, -0.1) is 0 Å². The van der Waals surface area contributed by atoms with Gasteiger partial charge in [-0.05, 0) is 49.9 Å². The number of rotatable bonds is 4. The first kappa shape index (κ1) is 13.9. The van der Waals surface area contributed by atoms with E-state index < -0.39 is 0 Å². The molecule has 3 nitrogen and oxygen atoms in total. The summed E-state index contributed by atoms with van der Waals surface area (Å²) >= 11 is 0. The van der Waals surface area contributed by atoms with Crippen molar-refractivity contribution in [2.24, 2.45) is 5.92 Å². The Balaban J connectivity index is 1.89. The van der Waals surface area contributed by atoms with Crippen molar-refractivity contribution in [3.8, 4) is 0 Å². The van der Waals surface area contributed by atoms with Gasteiger partial charge in [0.2, 0.25) is 5.91 Å². The average molecular weight is 260 g/mol. The Labute approximate surface area is 115 Å². The molecule has 0 bridgehead atoms. The number of nitrogens with one attached hydrogen (secondary N) is 2. The molecule has 0 aliphatic heterocycles. The van der Waals surface area contributed by atoms with Gasteiger partial charge in [-0.2, -0.15) is 0 Å². The molecule has 3 heteroatoms. The van der Waals surface area contributed by atoms with Crippen LogP contribution in [0.4, 0.5) is 11.4 Å². The first-order valence-electron chi connectivity index (χ1n) is 7.29. The molecule has 1 atom stereocenters. The Bertz CT molecular complexity index is 407. The van der Waals surface area contributed by atoms with E-state index >= 15 is 0 Å². The summed E-state index contributed by atoms with van der Waals surface area (Å²) in [6.45, 7) is 3.80. The molecule has 2 N–H and O–H groups in total. The quantitative estimate of drug-likeness (QED) is 0.858. The highest BCUT2D eigenvalue weighted by atomic mass is 16.1. The van der Waals surface area contributed by atoms with Gasteiger partial charge in [0.05, 0.1) is 0 Å². The second-order valence-corrected chi connectivity index (χ2v) is 5.59. The Morgan fingerprint density at radius 3 is 2.26 bits per heavy atom. The third-order valence-corrected chi connectivity index (χ3v) is 3.96. The van der Waals surface area contributed by atoms with Gasteiger partial charge in [0.1, 0.15) is 0 Å². The van der Waals surface area contributed by atoms with Crippen molar-refractivity contribution in [2.75, 3.05) is 10.6 Å². The van der Waals surface area contributed by atoms with Crippen molar-refractivity contribution < 1.29 is 4.79 Å². The van der Waals surface area contributed by atoms with E-state index in [1.165, 1.54) is 39.0 Å². The van der Waals surface area contributed by atoms with Crippen LogP contribution in [0.25, 0.3) is 0 Å². The van der Waals surface area contributed by atoms with E-state index in [4.69, 9.17) is 0 Å². The molecule has 19 heavy (non-hydrogen) atoms. The second kappa shape index (κ2) is 6.60. The maximum atomic E-state index is 11.0. The zero-order chi connectivity index (χ0) is 13.7. The molecule has 0 saturated heterocycles. The van der Waals surface area contributed by atoms with E-state index in [-0.39, 0.29) is 5.91 Å². The smallest absolute Gasteiger partial charge is 0.221 e. The molecule has 1 amide bonds. The summed E-state index contributed by atoms with van der Waals surface area (Å²) in [7, 11) is 0. The van der Waals surface area contributed by atoms with Gasteiger partial charge in [0, 0.05) is 24.3 Å². The molecule has 1 aliphatic rings. The van der Waals surface area contributed by atoms with E-state index in [2.05, 4.69) is 17.6 Å². The van der Waals surface area contributed by atoms with Crippen LogP contribution in [0.15, 0.2) is 24.3 Å². The lowest BCUT2D eigenvalue weighted by molar-refractivity contribution is -0.114. The predicted molar refractivity (Wildman–Crippen MR) is 80.4 cm³/mol. The van der Waals surface area contributed by atoms with Crippen molar-refractivity contribution in [1.29, 1.82) is 0 Å². The largest absolute Gasteiger partial charge is 0.382 e. The van der Waals surface area contributed by atoms with Crippen LogP contribution in [-0.2, 0) is 4.79 Å². The van der Waals surface area contributed by atoms with Gasteiger partial charge in [0.15, 0.2) is 0 Å². The first-order valence-corrected chi connectivity index (χ1v) is 7.29. The summed E-state index contributed by atoms with van der Waals surface area (Å²) in [5.41, 5.74) is 1.98. The Kier molecular flexibility index (Phi) is 4.83. The standard InChI is InChI=1S/C16H24N2O/c1-12(14-6-4-3-5-7-14)17-15-8-10-16(11-9-15)18-13(2)19/h8-12,14,17H,3-7H2,1-2H3,(H,18,19). The zero-order valence-electron chi connectivity index (χ0n) is 11.9. The molecule has 1 fully saturated rings. The topological polar surface area (TPSA) is 41.1 Å². The summed E-state index contributed by atoms with van der Waals surface area (Å²) in [6.07, 6.45) is 6.83. The lowest BCUT2D eigenvalue weighted by Gasteiger charge is -2.29. The number of hydrogen-bond donors (Lipinski definition) is 2. The Morgan fingerprint density at radius 2 is 1.68 bits per heavy atom. The van der Waals surface area contributed by atoms with Crippen LogP contribution < -0.4 is 10.6 Å². The minimum atomic E-state index is -0.0312. The number of hydrogen-bond acceptors (Lipinski definition) is 2. The number of carbonyl (C=O) groups excluding carboxylic acids is 1. The van der Waals surface area contributed by atoms with Crippen LogP contribution in [-0.4, -0.2) is 11.9 Å². The lowest BCUT2D eigenvalue weighted by Crippen LogP contribution is -2.27. The lowest BCUT2D eigenvalue weighted by atomic mass is 9.84. The normalized spacial score (nSPS) is 17.8. The molecule has 0 aromatic heterocycles. The van der Waals surface area contributed by atoms with Gasteiger partial charge in [0.25, 0.3) is 0 Å². The summed E-state index contributed by atoms with van der Waals surface area (Å²) in [4.78, 5) is 11.0. The van der Waals surface area contributed by atoms with E-state index in [1.54, 1.807) is 0 Å². The summed E-state index contributed by atoms with van der Waals surface area (Å²) < 4.78 is 0.